The first-order valence-electron chi connectivity index (χ1n) is 16.1. The van der Waals surface area contributed by atoms with Crippen LogP contribution in [0.3, 0.4) is 0 Å². The van der Waals surface area contributed by atoms with Crippen molar-refractivity contribution in [3.05, 3.63) is 77.6 Å². The first-order chi connectivity index (χ1) is 23.2. The largest absolute Gasteiger partial charge is 0.493 e. The Labute approximate surface area is 278 Å². The number of rotatable bonds is 4. The van der Waals surface area contributed by atoms with Gasteiger partial charge in [-0.15, -0.1) is 0 Å². The molecule has 0 spiro atoms. The van der Waals surface area contributed by atoms with Crippen LogP contribution in [0.5, 0.6) is 11.5 Å². The molecule has 2 aromatic carbocycles. The number of hydrogen-bond acceptors (Lipinski definition) is 8. The minimum absolute atomic E-state index is 0.0996. The van der Waals surface area contributed by atoms with Crippen molar-refractivity contribution in [1.82, 2.24) is 35.5 Å². The Balaban J connectivity index is 1.31. The number of benzene rings is 2. The number of ether oxygens (including phenoxy) is 2. The second kappa shape index (κ2) is 15.9. The molecule has 5 amide bonds. The molecule has 14 nitrogen and oxygen atoms in total. The molecule has 0 saturated carbocycles. The van der Waals surface area contributed by atoms with Crippen LogP contribution in [0.4, 0.5) is 0 Å². The molecule has 3 N–H and O–H groups in total. The molecular formula is C34H41N7O7. The molecule has 14 heteroatoms. The second-order valence-corrected chi connectivity index (χ2v) is 11.7. The van der Waals surface area contributed by atoms with Gasteiger partial charge in [0.05, 0.1) is 38.5 Å². The summed E-state index contributed by atoms with van der Waals surface area (Å²) >= 11 is 0. The molecular weight excluding hydrogens is 618 g/mol. The van der Waals surface area contributed by atoms with Crippen molar-refractivity contribution in [2.24, 2.45) is 0 Å². The lowest BCUT2D eigenvalue weighted by Crippen LogP contribution is -2.52. The van der Waals surface area contributed by atoms with Crippen LogP contribution in [0.2, 0.25) is 0 Å². The van der Waals surface area contributed by atoms with Gasteiger partial charge >= 0.3 is 0 Å². The highest BCUT2D eigenvalue weighted by atomic mass is 16.5. The molecule has 0 radical (unpaired) electrons. The maximum Gasteiger partial charge on any atom is 0.257 e. The summed E-state index contributed by atoms with van der Waals surface area (Å²) in [5.41, 5.74) is 1.63. The van der Waals surface area contributed by atoms with E-state index in [4.69, 9.17) is 9.47 Å². The van der Waals surface area contributed by atoms with Gasteiger partial charge in [0.15, 0.2) is 11.5 Å². The van der Waals surface area contributed by atoms with Gasteiger partial charge in [-0.25, -0.2) is 0 Å². The molecule has 48 heavy (non-hydrogen) atoms. The van der Waals surface area contributed by atoms with Crippen LogP contribution in [-0.4, -0.2) is 108 Å². The SMILES string of the molecule is COc1cc2ccc1OCCNC(=O)CN(C(=O)c1cnn(Cc3ccccc3)c1)CCCNC(=O)[C@H]1CCCN1C(=O)[C@H](C)NC2=O. The average molecular weight is 660 g/mol. The summed E-state index contributed by atoms with van der Waals surface area (Å²) in [6, 6.07) is 12.8. The number of carbonyl (C=O) groups is 5. The average Bonchev–Trinajstić information content (AvgIpc) is 3.78. The molecule has 4 heterocycles. The van der Waals surface area contributed by atoms with Gasteiger partial charge in [-0.2, -0.15) is 5.10 Å². The van der Waals surface area contributed by atoms with E-state index in [0.29, 0.717) is 49.4 Å². The maximum atomic E-state index is 13.6. The third-order valence-electron chi connectivity index (χ3n) is 8.26. The third-order valence-corrected chi connectivity index (χ3v) is 8.26. The number of nitrogens with one attached hydrogen (secondary N) is 3. The summed E-state index contributed by atoms with van der Waals surface area (Å²) in [6.45, 7) is 2.92. The number of fused-ring (bicyclic) bond motifs is 16. The van der Waals surface area contributed by atoms with Gasteiger partial charge in [-0.3, -0.25) is 28.7 Å². The zero-order chi connectivity index (χ0) is 34.0. The quantitative estimate of drug-likeness (QED) is 0.352. The van der Waals surface area contributed by atoms with E-state index < -0.39 is 18.0 Å². The van der Waals surface area contributed by atoms with Crippen LogP contribution in [-0.2, 0) is 20.9 Å². The Morgan fingerprint density at radius 3 is 2.62 bits per heavy atom. The van der Waals surface area contributed by atoms with Crippen LogP contribution in [0.1, 0.15) is 52.5 Å². The standard InChI is InChI=1S/C34H41N7O7/c1-23-33(45)41-16-6-10-27(41)32(44)36-13-7-15-39(34(46)26-19-37-40(21-26)20-24-8-4-3-5-9-24)22-30(42)35-14-17-48-28-12-11-25(31(43)38-23)18-29(28)47-2/h3-5,8-9,11-12,18-19,21,23,27H,6-7,10,13-17,20,22H2,1-2H3,(H,35,42)(H,36,44)(H,38,43)/t23-,27+/m0/s1. The number of methoxy groups -OCH3 is 1. The van der Waals surface area contributed by atoms with E-state index in [1.54, 1.807) is 29.9 Å². The number of nitrogens with zero attached hydrogens (tertiary/aromatic N) is 4. The predicted octanol–water partition coefficient (Wildman–Crippen LogP) is 1.21. The van der Waals surface area contributed by atoms with Crippen molar-refractivity contribution in [2.75, 3.05) is 46.4 Å². The summed E-state index contributed by atoms with van der Waals surface area (Å²) in [6.07, 6.45) is 4.65. The zero-order valence-corrected chi connectivity index (χ0v) is 27.1. The molecule has 3 aliphatic rings. The summed E-state index contributed by atoms with van der Waals surface area (Å²) < 4.78 is 12.9. The van der Waals surface area contributed by atoms with E-state index >= 15 is 0 Å². The minimum atomic E-state index is -0.870. The molecule has 6 rings (SSSR count). The summed E-state index contributed by atoms with van der Waals surface area (Å²) in [7, 11) is 1.44. The molecule has 0 aliphatic carbocycles. The van der Waals surface area contributed by atoms with E-state index in [9.17, 15) is 24.0 Å². The van der Waals surface area contributed by atoms with Crippen molar-refractivity contribution in [1.29, 1.82) is 0 Å². The van der Waals surface area contributed by atoms with Crippen molar-refractivity contribution in [3.63, 3.8) is 0 Å². The number of hydrogen-bond donors (Lipinski definition) is 3. The van der Waals surface area contributed by atoms with Crippen molar-refractivity contribution < 1.29 is 33.4 Å². The monoisotopic (exact) mass is 659 g/mol. The van der Waals surface area contributed by atoms with Gasteiger partial charge < -0.3 is 35.2 Å². The van der Waals surface area contributed by atoms with Gasteiger partial charge in [0.25, 0.3) is 11.8 Å². The first-order valence-corrected chi connectivity index (χ1v) is 16.1. The Morgan fingerprint density at radius 2 is 1.83 bits per heavy atom. The second-order valence-electron chi connectivity index (χ2n) is 11.7. The Hall–Kier alpha value is -5.40. The molecule has 254 valence electrons. The maximum absolute atomic E-state index is 13.6. The highest BCUT2D eigenvalue weighted by molar-refractivity contribution is 5.99. The normalized spacial score (nSPS) is 20.0. The lowest BCUT2D eigenvalue weighted by molar-refractivity contribution is -0.139. The fourth-order valence-corrected chi connectivity index (χ4v) is 5.77. The molecule has 1 aromatic heterocycles. The highest BCUT2D eigenvalue weighted by Gasteiger charge is 2.36. The number of aromatic nitrogens is 2. The fourth-order valence-electron chi connectivity index (χ4n) is 5.77. The van der Waals surface area contributed by atoms with E-state index in [1.165, 1.54) is 29.2 Å². The van der Waals surface area contributed by atoms with Gasteiger partial charge in [0.1, 0.15) is 18.7 Å². The molecule has 1 saturated heterocycles. The summed E-state index contributed by atoms with van der Waals surface area (Å²) in [4.78, 5) is 69.0. The molecule has 3 aliphatic heterocycles. The van der Waals surface area contributed by atoms with Gasteiger partial charge in [-0.1, -0.05) is 30.3 Å². The van der Waals surface area contributed by atoms with Crippen molar-refractivity contribution >= 4 is 29.5 Å². The Bertz CT molecular complexity index is 1630. The van der Waals surface area contributed by atoms with Crippen LogP contribution >= 0.6 is 0 Å². The van der Waals surface area contributed by atoms with Crippen LogP contribution in [0.25, 0.3) is 0 Å². The Kier molecular flexibility index (Phi) is 11.3. The minimum Gasteiger partial charge on any atom is -0.493 e. The first kappa shape index (κ1) is 33.9. The molecule has 2 bridgehead atoms. The molecule has 3 aromatic rings. The zero-order valence-electron chi connectivity index (χ0n) is 27.1. The highest BCUT2D eigenvalue weighted by Crippen LogP contribution is 2.28. The number of amides is 5. The lowest BCUT2D eigenvalue weighted by atomic mass is 10.1. The van der Waals surface area contributed by atoms with Crippen molar-refractivity contribution in [3.8, 4) is 11.5 Å². The third kappa shape index (κ3) is 8.49. The molecule has 0 unspecified atom stereocenters. The summed E-state index contributed by atoms with van der Waals surface area (Å²) in [5, 5.41) is 12.7. The predicted molar refractivity (Wildman–Crippen MR) is 174 cm³/mol. The fraction of sp³-hybridized carbons (Fsp3) is 0.412. The van der Waals surface area contributed by atoms with Gasteiger partial charge in [-0.05, 0) is 49.9 Å². The van der Waals surface area contributed by atoms with E-state index in [1.807, 2.05) is 30.3 Å². The Morgan fingerprint density at radius 1 is 1.02 bits per heavy atom. The van der Waals surface area contributed by atoms with Gasteiger partial charge in [0.2, 0.25) is 17.7 Å². The van der Waals surface area contributed by atoms with Gasteiger partial charge in [0, 0.05) is 31.4 Å². The lowest BCUT2D eigenvalue weighted by Gasteiger charge is -2.27. The molecule has 1 fully saturated rings. The smallest absolute Gasteiger partial charge is 0.257 e. The van der Waals surface area contributed by atoms with E-state index in [2.05, 4.69) is 21.0 Å². The molecule has 2 atom stereocenters. The van der Waals surface area contributed by atoms with Crippen LogP contribution < -0.4 is 25.4 Å². The van der Waals surface area contributed by atoms with Crippen molar-refractivity contribution in [2.45, 2.75) is 44.8 Å². The topological polar surface area (TPSA) is 164 Å². The number of carbonyl (C=O) groups excluding carboxylic acids is 5. The van der Waals surface area contributed by atoms with E-state index in [-0.39, 0.29) is 62.0 Å². The van der Waals surface area contributed by atoms with E-state index in [0.717, 1.165) is 5.56 Å². The summed E-state index contributed by atoms with van der Waals surface area (Å²) in [5.74, 6) is -1.22. The van der Waals surface area contributed by atoms with Crippen LogP contribution in [0, 0.1) is 0 Å². The van der Waals surface area contributed by atoms with Crippen LogP contribution in [0.15, 0.2) is 60.9 Å².